The number of anilines is 1. The quantitative estimate of drug-likeness (QED) is 0.858. The lowest BCUT2D eigenvalue weighted by Crippen LogP contribution is -2.22. The van der Waals surface area contributed by atoms with Gasteiger partial charge in [0, 0.05) is 18.4 Å². The molecule has 0 aromatic carbocycles. The second-order valence-corrected chi connectivity index (χ2v) is 4.75. The summed E-state index contributed by atoms with van der Waals surface area (Å²) in [4.78, 5) is 12.9. The summed E-state index contributed by atoms with van der Waals surface area (Å²) in [5.41, 5.74) is 1.56. The van der Waals surface area contributed by atoms with Crippen molar-refractivity contribution in [1.82, 2.24) is 15.0 Å². The molecule has 1 aliphatic rings. The van der Waals surface area contributed by atoms with Crippen LogP contribution in [-0.4, -0.2) is 21.0 Å². The van der Waals surface area contributed by atoms with Crippen LogP contribution >= 0.6 is 0 Å². The molecule has 1 aliphatic carbocycles. The maximum atomic E-state index is 4.49. The Balaban J connectivity index is 1.85. The van der Waals surface area contributed by atoms with Gasteiger partial charge in [0.25, 0.3) is 0 Å². The van der Waals surface area contributed by atoms with Crippen molar-refractivity contribution in [1.29, 1.82) is 0 Å². The van der Waals surface area contributed by atoms with Crippen molar-refractivity contribution in [3.63, 3.8) is 0 Å². The third-order valence-electron chi connectivity index (χ3n) is 3.53. The lowest BCUT2D eigenvalue weighted by molar-refractivity contribution is 0.555. The van der Waals surface area contributed by atoms with Crippen molar-refractivity contribution in [2.45, 2.75) is 32.2 Å². The van der Waals surface area contributed by atoms with Crippen LogP contribution in [-0.2, 0) is 0 Å². The first kappa shape index (κ1) is 10.4. The van der Waals surface area contributed by atoms with Crippen LogP contribution in [0.15, 0.2) is 24.5 Å². The molecule has 17 heavy (non-hydrogen) atoms. The first-order valence-electron chi connectivity index (χ1n) is 6.17. The molecule has 4 heteroatoms. The van der Waals surface area contributed by atoms with E-state index in [0.717, 1.165) is 17.3 Å². The van der Waals surface area contributed by atoms with Gasteiger partial charge >= 0.3 is 0 Å². The monoisotopic (exact) mass is 228 g/mol. The molecule has 0 bridgehead atoms. The molecule has 2 unspecified atom stereocenters. The molecule has 1 N–H and O–H groups in total. The highest BCUT2D eigenvalue weighted by Crippen LogP contribution is 2.27. The topological polar surface area (TPSA) is 50.7 Å². The summed E-state index contributed by atoms with van der Waals surface area (Å²) in [6.45, 7) is 2.30. The van der Waals surface area contributed by atoms with Crippen molar-refractivity contribution in [3.05, 3.63) is 24.5 Å². The van der Waals surface area contributed by atoms with E-state index in [2.05, 4.69) is 27.2 Å². The van der Waals surface area contributed by atoms with Gasteiger partial charge in [-0.05, 0) is 30.9 Å². The highest BCUT2D eigenvalue weighted by molar-refractivity contribution is 5.71. The Morgan fingerprint density at radius 3 is 2.88 bits per heavy atom. The third kappa shape index (κ3) is 2.07. The minimum Gasteiger partial charge on any atom is -0.367 e. The van der Waals surface area contributed by atoms with Gasteiger partial charge in [0.05, 0.1) is 0 Å². The van der Waals surface area contributed by atoms with Gasteiger partial charge in [-0.15, -0.1) is 0 Å². The van der Waals surface area contributed by atoms with Gasteiger partial charge < -0.3 is 5.32 Å². The molecule has 1 saturated carbocycles. The summed E-state index contributed by atoms with van der Waals surface area (Å²) in [5, 5.41) is 3.50. The predicted molar refractivity (Wildman–Crippen MR) is 67.8 cm³/mol. The van der Waals surface area contributed by atoms with E-state index in [9.17, 15) is 0 Å². The van der Waals surface area contributed by atoms with E-state index in [1.54, 1.807) is 12.4 Å². The highest BCUT2D eigenvalue weighted by Gasteiger charge is 2.23. The summed E-state index contributed by atoms with van der Waals surface area (Å²) in [6, 6.07) is 4.51. The fourth-order valence-corrected chi connectivity index (χ4v) is 2.48. The Morgan fingerprint density at radius 2 is 2.06 bits per heavy atom. The van der Waals surface area contributed by atoms with Crippen LogP contribution in [0.1, 0.15) is 26.2 Å². The maximum Gasteiger partial charge on any atom is 0.180 e. The van der Waals surface area contributed by atoms with E-state index in [-0.39, 0.29) is 0 Å². The van der Waals surface area contributed by atoms with Crippen LogP contribution in [0.5, 0.6) is 0 Å². The molecular formula is C13H16N4. The molecule has 1 fully saturated rings. The van der Waals surface area contributed by atoms with Crippen LogP contribution in [0, 0.1) is 5.92 Å². The van der Waals surface area contributed by atoms with Gasteiger partial charge in [0.15, 0.2) is 5.65 Å². The molecule has 4 nitrogen and oxygen atoms in total. The molecule has 0 spiro atoms. The number of nitrogens with zero attached hydrogens (tertiary/aromatic N) is 3. The van der Waals surface area contributed by atoms with Gasteiger partial charge in [-0.1, -0.05) is 13.3 Å². The number of hydrogen-bond donors (Lipinski definition) is 1. The molecule has 0 radical (unpaired) electrons. The van der Waals surface area contributed by atoms with Crippen molar-refractivity contribution in [2.24, 2.45) is 5.92 Å². The molecule has 0 saturated heterocycles. The number of rotatable bonds is 2. The van der Waals surface area contributed by atoms with Gasteiger partial charge in [-0.2, -0.15) is 0 Å². The Morgan fingerprint density at radius 1 is 1.18 bits per heavy atom. The highest BCUT2D eigenvalue weighted by atomic mass is 15.0. The Hall–Kier alpha value is -1.71. The van der Waals surface area contributed by atoms with Crippen LogP contribution < -0.4 is 5.32 Å². The minimum absolute atomic E-state index is 0.552. The molecule has 2 aromatic rings. The zero-order valence-electron chi connectivity index (χ0n) is 9.93. The average molecular weight is 228 g/mol. The molecule has 88 valence electrons. The Labute approximate surface area is 101 Å². The van der Waals surface area contributed by atoms with E-state index in [4.69, 9.17) is 0 Å². The molecular weight excluding hydrogens is 212 g/mol. The largest absolute Gasteiger partial charge is 0.367 e. The lowest BCUT2D eigenvalue weighted by atomic mass is 10.1. The average Bonchev–Trinajstić information content (AvgIpc) is 2.75. The smallest absolute Gasteiger partial charge is 0.180 e. The number of aromatic nitrogens is 3. The number of fused-ring (bicyclic) bond motifs is 1. The normalized spacial score (nSPS) is 24.1. The molecule has 2 atom stereocenters. The molecule has 3 rings (SSSR count). The second kappa shape index (κ2) is 4.28. The Kier molecular flexibility index (Phi) is 2.63. The van der Waals surface area contributed by atoms with Crippen LogP contribution in [0.25, 0.3) is 11.2 Å². The fourth-order valence-electron chi connectivity index (χ4n) is 2.48. The summed E-state index contributed by atoms with van der Waals surface area (Å²) in [5.74, 6) is 1.64. The maximum absolute atomic E-state index is 4.49. The molecule has 0 amide bonds. The van der Waals surface area contributed by atoms with Crippen LogP contribution in [0.3, 0.4) is 0 Å². The van der Waals surface area contributed by atoms with Crippen LogP contribution in [0.2, 0.25) is 0 Å². The van der Waals surface area contributed by atoms with Gasteiger partial charge in [-0.25, -0.2) is 9.97 Å². The standard InChI is InChI=1S/C13H16N4/c1-9-3-2-4-10(9)16-12-6-5-11-13(17-12)15-8-7-14-11/h5-10H,2-4H2,1H3,(H,15,16,17). The zero-order chi connectivity index (χ0) is 11.7. The Bertz CT molecular complexity index is 526. The van der Waals surface area contributed by atoms with Crippen molar-refractivity contribution in [3.8, 4) is 0 Å². The van der Waals surface area contributed by atoms with Gasteiger partial charge in [0.2, 0.25) is 0 Å². The van der Waals surface area contributed by atoms with E-state index >= 15 is 0 Å². The van der Waals surface area contributed by atoms with Crippen LogP contribution in [0.4, 0.5) is 5.82 Å². The van der Waals surface area contributed by atoms with Crippen molar-refractivity contribution in [2.75, 3.05) is 5.32 Å². The number of nitrogens with one attached hydrogen (secondary N) is 1. The predicted octanol–water partition coefficient (Wildman–Crippen LogP) is 2.63. The minimum atomic E-state index is 0.552. The molecule has 0 aliphatic heterocycles. The van der Waals surface area contributed by atoms with Crippen molar-refractivity contribution >= 4 is 17.0 Å². The first-order valence-corrected chi connectivity index (χ1v) is 6.17. The summed E-state index contributed by atoms with van der Waals surface area (Å²) >= 11 is 0. The van der Waals surface area contributed by atoms with Gasteiger partial charge in [-0.3, -0.25) is 4.98 Å². The summed E-state index contributed by atoms with van der Waals surface area (Å²) in [7, 11) is 0. The first-order chi connectivity index (χ1) is 8.33. The fraction of sp³-hybridized carbons (Fsp3) is 0.462. The van der Waals surface area contributed by atoms with Gasteiger partial charge in [0.1, 0.15) is 11.3 Å². The summed E-state index contributed by atoms with van der Waals surface area (Å²) < 4.78 is 0. The second-order valence-electron chi connectivity index (χ2n) is 4.75. The van der Waals surface area contributed by atoms with E-state index in [1.807, 2.05) is 12.1 Å². The number of pyridine rings is 1. The molecule has 2 aromatic heterocycles. The summed E-state index contributed by atoms with van der Waals surface area (Å²) in [6.07, 6.45) is 7.23. The van der Waals surface area contributed by atoms with E-state index < -0.39 is 0 Å². The van der Waals surface area contributed by atoms with Crippen molar-refractivity contribution < 1.29 is 0 Å². The SMILES string of the molecule is CC1CCCC1Nc1ccc2nccnc2n1. The van der Waals surface area contributed by atoms with E-state index in [0.29, 0.717) is 11.7 Å². The number of hydrogen-bond acceptors (Lipinski definition) is 4. The zero-order valence-corrected chi connectivity index (χ0v) is 9.93. The molecule has 2 heterocycles. The van der Waals surface area contributed by atoms with E-state index in [1.165, 1.54) is 19.3 Å². The third-order valence-corrected chi connectivity index (χ3v) is 3.53. The lowest BCUT2D eigenvalue weighted by Gasteiger charge is -2.17.